The van der Waals surface area contributed by atoms with Gasteiger partial charge in [0.25, 0.3) is 0 Å². The summed E-state index contributed by atoms with van der Waals surface area (Å²) in [5.74, 6) is -1.72. The van der Waals surface area contributed by atoms with Crippen LogP contribution < -0.4 is 5.73 Å². The minimum Gasteiger partial charge on any atom is -0.481 e. The Labute approximate surface area is 96.6 Å². The number of primary amides is 1. The molecule has 16 heavy (non-hydrogen) atoms. The number of rotatable bonds is 9. The molecule has 0 aromatic rings. The average Bonchev–Trinajstić information content (AvgIpc) is 2.16. The zero-order valence-electron chi connectivity index (χ0n) is 10.1. The van der Waals surface area contributed by atoms with E-state index in [-0.39, 0.29) is 6.54 Å². The van der Waals surface area contributed by atoms with Crippen LogP contribution in [0.2, 0.25) is 0 Å². The molecular formula is C11H22N2O3. The molecule has 0 fully saturated rings. The van der Waals surface area contributed by atoms with Crippen LogP contribution in [0.4, 0.5) is 0 Å². The van der Waals surface area contributed by atoms with Crippen LogP contribution in [0.5, 0.6) is 0 Å². The van der Waals surface area contributed by atoms with Crippen molar-refractivity contribution >= 4 is 11.9 Å². The Bertz CT molecular complexity index is 231. The van der Waals surface area contributed by atoms with Crippen LogP contribution in [-0.4, -0.2) is 41.5 Å². The van der Waals surface area contributed by atoms with Crippen LogP contribution in [0.1, 0.15) is 33.1 Å². The molecule has 1 amide bonds. The number of carboxylic acid groups (broad SMARTS) is 1. The predicted molar refractivity (Wildman–Crippen MR) is 62.0 cm³/mol. The molecule has 5 nitrogen and oxygen atoms in total. The highest BCUT2D eigenvalue weighted by Crippen LogP contribution is 2.03. The lowest BCUT2D eigenvalue weighted by Crippen LogP contribution is -2.38. The molecule has 0 bridgehead atoms. The molecule has 3 N–H and O–H groups in total. The molecule has 1 unspecified atom stereocenters. The van der Waals surface area contributed by atoms with Gasteiger partial charge < -0.3 is 10.8 Å². The molecule has 5 heteroatoms. The molecule has 0 aliphatic heterocycles. The maximum Gasteiger partial charge on any atom is 0.307 e. The summed E-state index contributed by atoms with van der Waals surface area (Å²) >= 11 is 0. The van der Waals surface area contributed by atoms with Crippen molar-refractivity contribution in [2.45, 2.75) is 33.1 Å². The molecule has 0 aromatic heterocycles. The predicted octanol–water partition coefficient (Wildman–Crippen LogP) is 0.685. The lowest BCUT2D eigenvalue weighted by molar-refractivity contribution is -0.142. The van der Waals surface area contributed by atoms with Crippen molar-refractivity contribution in [2.24, 2.45) is 11.7 Å². The minimum atomic E-state index is -0.843. The van der Waals surface area contributed by atoms with E-state index in [1.165, 1.54) is 0 Å². The number of amides is 1. The second-order valence-electron chi connectivity index (χ2n) is 4.15. The fraction of sp³-hybridized carbons (Fsp3) is 0.818. The summed E-state index contributed by atoms with van der Waals surface area (Å²) in [6, 6.07) is 0. The second kappa shape index (κ2) is 8.10. The molecular weight excluding hydrogens is 208 g/mol. The van der Waals surface area contributed by atoms with Gasteiger partial charge >= 0.3 is 5.97 Å². The van der Waals surface area contributed by atoms with E-state index < -0.39 is 17.8 Å². The van der Waals surface area contributed by atoms with Gasteiger partial charge in [0.2, 0.25) is 5.91 Å². The van der Waals surface area contributed by atoms with E-state index in [1.807, 2.05) is 4.90 Å². The zero-order valence-corrected chi connectivity index (χ0v) is 10.1. The number of hydrogen-bond acceptors (Lipinski definition) is 3. The summed E-state index contributed by atoms with van der Waals surface area (Å²) in [7, 11) is 0. The van der Waals surface area contributed by atoms with E-state index in [9.17, 15) is 9.59 Å². The molecule has 0 saturated carbocycles. The molecule has 0 aliphatic rings. The third-order valence-corrected chi connectivity index (χ3v) is 2.41. The summed E-state index contributed by atoms with van der Waals surface area (Å²) < 4.78 is 0. The molecule has 0 spiro atoms. The standard InChI is InChI=1S/C11H22N2O3/c1-3-4-5-6-13(8-10(12)14)7-9(2)11(15)16/h9H,3-8H2,1-2H3,(H2,12,14)(H,15,16). The van der Waals surface area contributed by atoms with Gasteiger partial charge in [0.1, 0.15) is 0 Å². The van der Waals surface area contributed by atoms with Gasteiger partial charge in [-0.15, -0.1) is 0 Å². The number of aliphatic carboxylic acids is 1. The third kappa shape index (κ3) is 7.23. The lowest BCUT2D eigenvalue weighted by atomic mass is 10.1. The molecule has 0 radical (unpaired) electrons. The normalized spacial score (nSPS) is 12.7. The first-order valence-electron chi connectivity index (χ1n) is 5.70. The van der Waals surface area contributed by atoms with Gasteiger partial charge in [-0.25, -0.2) is 0 Å². The molecule has 94 valence electrons. The number of unbranched alkanes of at least 4 members (excludes halogenated alkanes) is 2. The number of nitrogens with two attached hydrogens (primary N) is 1. The van der Waals surface area contributed by atoms with Crippen LogP contribution in [-0.2, 0) is 9.59 Å². The summed E-state index contributed by atoms with van der Waals surface area (Å²) in [5.41, 5.74) is 5.12. The Morgan fingerprint density at radius 1 is 1.38 bits per heavy atom. The van der Waals surface area contributed by atoms with Crippen LogP contribution in [0.3, 0.4) is 0 Å². The fourth-order valence-corrected chi connectivity index (χ4v) is 1.51. The average molecular weight is 230 g/mol. The van der Waals surface area contributed by atoms with Crippen molar-refractivity contribution in [1.29, 1.82) is 0 Å². The Morgan fingerprint density at radius 2 is 2.00 bits per heavy atom. The van der Waals surface area contributed by atoms with Crippen LogP contribution in [0, 0.1) is 5.92 Å². The van der Waals surface area contributed by atoms with Gasteiger partial charge in [0.15, 0.2) is 0 Å². The summed E-state index contributed by atoms with van der Waals surface area (Å²) in [4.78, 5) is 23.4. The molecule has 0 heterocycles. The van der Waals surface area contributed by atoms with Crippen molar-refractivity contribution in [3.63, 3.8) is 0 Å². The maximum atomic E-state index is 10.8. The molecule has 0 aromatic carbocycles. The number of carbonyl (C=O) groups excluding carboxylic acids is 1. The van der Waals surface area contributed by atoms with E-state index >= 15 is 0 Å². The monoisotopic (exact) mass is 230 g/mol. The van der Waals surface area contributed by atoms with Crippen molar-refractivity contribution in [3.8, 4) is 0 Å². The summed E-state index contributed by atoms with van der Waals surface area (Å²) in [6.45, 7) is 4.98. The van der Waals surface area contributed by atoms with E-state index in [0.29, 0.717) is 6.54 Å². The molecule has 0 aliphatic carbocycles. The van der Waals surface area contributed by atoms with E-state index in [0.717, 1.165) is 25.8 Å². The lowest BCUT2D eigenvalue weighted by Gasteiger charge is -2.22. The Morgan fingerprint density at radius 3 is 2.44 bits per heavy atom. The zero-order chi connectivity index (χ0) is 12.6. The van der Waals surface area contributed by atoms with Gasteiger partial charge in [-0.05, 0) is 13.0 Å². The first-order valence-corrected chi connectivity index (χ1v) is 5.70. The highest BCUT2D eigenvalue weighted by molar-refractivity contribution is 5.76. The number of nitrogens with zero attached hydrogens (tertiary/aromatic N) is 1. The second-order valence-corrected chi connectivity index (χ2v) is 4.15. The van der Waals surface area contributed by atoms with Gasteiger partial charge in [-0.2, -0.15) is 0 Å². The van der Waals surface area contributed by atoms with Crippen molar-refractivity contribution in [3.05, 3.63) is 0 Å². The van der Waals surface area contributed by atoms with E-state index in [4.69, 9.17) is 10.8 Å². The smallest absolute Gasteiger partial charge is 0.307 e. The Balaban J connectivity index is 4.08. The van der Waals surface area contributed by atoms with Gasteiger partial charge in [-0.3, -0.25) is 14.5 Å². The number of carbonyl (C=O) groups is 2. The quantitative estimate of drug-likeness (QED) is 0.571. The number of hydrogen-bond donors (Lipinski definition) is 2. The van der Waals surface area contributed by atoms with Gasteiger partial charge in [0, 0.05) is 6.54 Å². The number of carboxylic acids is 1. The van der Waals surface area contributed by atoms with Crippen molar-refractivity contribution in [2.75, 3.05) is 19.6 Å². The van der Waals surface area contributed by atoms with Crippen molar-refractivity contribution in [1.82, 2.24) is 4.90 Å². The maximum absolute atomic E-state index is 10.8. The van der Waals surface area contributed by atoms with Gasteiger partial charge in [0.05, 0.1) is 12.5 Å². The molecule has 0 saturated heterocycles. The highest BCUT2D eigenvalue weighted by Gasteiger charge is 2.16. The Kier molecular flexibility index (Phi) is 7.54. The van der Waals surface area contributed by atoms with E-state index in [2.05, 4.69) is 6.92 Å². The topological polar surface area (TPSA) is 83.6 Å². The Hall–Kier alpha value is -1.10. The van der Waals surface area contributed by atoms with Crippen LogP contribution in [0.15, 0.2) is 0 Å². The molecule has 1 atom stereocenters. The fourth-order valence-electron chi connectivity index (χ4n) is 1.51. The van der Waals surface area contributed by atoms with Crippen molar-refractivity contribution < 1.29 is 14.7 Å². The summed E-state index contributed by atoms with van der Waals surface area (Å²) in [6.07, 6.45) is 3.14. The SMILES string of the molecule is CCCCCN(CC(N)=O)CC(C)C(=O)O. The first-order chi connectivity index (χ1) is 7.47. The third-order valence-electron chi connectivity index (χ3n) is 2.41. The van der Waals surface area contributed by atoms with Gasteiger partial charge in [-0.1, -0.05) is 26.7 Å². The van der Waals surface area contributed by atoms with Crippen LogP contribution in [0.25, 0.3) is 0 Å². The minimum absolute atomic E-state index is 0.140. The van der Waals surface area contributed by atoms with E-state index in [1.54, 1.807) is 6.92 Å². The highest BCUT2D eigenvalue weighted by atomic mass is 16.4. The first kappa shape index (κ1) is 14.9. The largest absolute Gasteiger partial charge is 0.481 e. The summed E-state index contributed by atoms with van der Waals surface area (Å²) in [5, 5.41) is 8.79. The van der Waals surface area contributed by atoms with Crippen LogP contribution >= 0.6 is 0 Å². The molecule has 0 rings (SSSR count).